The van der Waals surface area contributed by atoms with E-state index in [1.807, 2.05) is 24.3 Å². The van der Waals surface area contributed by atoms with Crippen molar-refractivity contribution in [1.82, 2.24) is 5.32 Å². The maximum atomic E-state index is 11.6. The standard InChI is InChI=1S/C14H20N2O3/c1-9(2)11-4-6-12(7-5-11)16-13(17)8-15-10(3)14(18)19/h4-7,9-10,15H,8H2,1-3H3,(H,16,17)(H,18,19). The first-order chi connectivity index (χ1) is 8.90. The number of benzene rings is 1. The highest BCUT2D eigenvalue weighted by Crippen LogP contribution is 2.16. The molecule has 0 aliphatic rings. The van der Waals surface area contributed by atoms with E-state index in [0.29, 0.717) is 11.6 Å². The van der Waals surface area contributed by atoms with E-state index in [4.69, 9.17) is 5.11 Å². The van der Waals surface area contributed by atoms with Crippen LogP contribution >= 0.6 is 0 Å². The highest BCUT2D eigenvalue weighted by atomic mass is 16.4. The molecular formula is C14H20N2O3. The van der Waals surface area contributed by atoms with Crippen molar-refractivity contribution in [3.05, 3.63) is 29.8 Å². The fourth-order valence-electron chi connectivity index (χ4n) is 1.49. The lowest BCUT2D eigenvalue weighted by atomic mass is 10.0. The molecule has 0 aliphatic heterocycles. The van der Waals surface area contributed by atoms with Crippen molar-refractivity contribution in [2.24, 2.45) is 0 Å². The van der Waals surface area contributed by atoms with Gasteiger partial charge in [-0.2, -0.15) is 0 Å². The molecule has 3 N–H and O–H groups in total. The fourth-order valence-corrected chi connectivity index (χ4v) is 1.49. The largest absolute Gasteiger partial charge is 0.480 e. The Morgan fingerprint density at radius 1 is 1.16 bits per heavy atom. The van der Waals surface area contributed by atoms with Gasteiger partial charge in [-0.15, -0.1) is 0 Å². The number of carbonyl (C=O) groups is 2. The van der Waals surface area contributed by atoms with E-state index >= 15 is 0 Å². The molecule has 0 saturated carbocycles. The smallest absolute Gasteiger partial charge is 0.320 e. The molecule has 5 heteroatoms. The summed E-state index contributed by atoms with van der Waals surface area (Å²) in [5.74, 6) is -0.790. The van der Waals surface area contributed by atoms with Crippen molar-refractivity contribution >= 4 is 17.6 Å². The Bertz CT molecular complexity index is 441. The van der Waals surface area contributed by atoms with Crippen LogP contribution in [0.5, 0.6) is 0 Å². The molecule has 19 heavy (non-hydrogen) atoms. The van der Waals surface area contributed by atoms with Gasteiger partial charge in [-0.25, -0.2) is 0 Å². The van der Waals surface area contributed by atoms with E-state index in [9.17, 15) is 9.59 Å². The molecule has 0 aliphatic carbocycles. The van der Waals surface area contributed by atoms with E-state index in [2.05, 4.69) is 24.5 Å². The summed E-state index contributed by atoms with van der Waals surface area (Å²) in [5.41, 5.74) is 1.91. The molecule has 1 aromatic carbocycles. The number of carbonyl (C=O) groups excluding carboxylic acids is 1. The summed E-state index contributed by atoms with van der Waals surface area (Å²) in [6, 6.07) is 6.87. The average molecular weight is 264 g/mol. The van der Waals surface area contributed by atoms with Crippen LogP contribution in [-0.4, -0.2) is 29.6 Å². The summed E-state index contributed by atoms with van der Waals surface area (Å²) in [6.45, 7) is 5.67. The van der Waals surface area contributed by atoms with Crippen LogP contribution in [0.4, 0.5) is 5.69 Å². The van der Waals surface area contributed by atoms with Gasteiger partial charge in [0, 0.05) is 5.69 Å². The summed E-state index contributed by atoms with van der Waals surface area (Å²) in [6.07, 6.45) is 0. The van der Waals surface area contributed by atoms with E-state index < -0.39 is 12.0 Å². The number of carboxylic acid groups (broad SMARTS) is 1. The molecule has 0 fully saturated rings. The summed E-state index contributed by atoms with van der Waals surface area (Å²) < 4.78 is 0. The highest BCUT2D eigenvalue weighted by Gasteiger charge is 2.11. The maximum absolute atomic E-state index is 11.6. The van der Waals surface area contributed by atoms with E-state index in [-0.39, 0.29) is 12.5 Å². The number of aliphatic carboxylic acids is 1. The van der Waals surface area contributed by atoms with Crippen LogP contribution in [0.1, 0.15) is 32.3 Å². The first-order valence-corrected chi connectivity index (χ1v) is 6.26. The normalized spacial score (nSPS) is 12.2. The number of amides is 1. The molecular weight excluding hydrogens is 244 g/mol. The lowest BCUT2D eigenvalue weighted by Crippen LogP contribution is -2.39. The quantitative estimate of drug-likeness (QED) is 0.732. The topological polar surface area (TPSA) is 78.4 Å². The van der Waals surface area contributed by atoms with Crippen molar-refractivity contribution in [3.63, 3.8) is 0 Å². The minimum Gasteiger partial charge on any atom is -0.480 e. The Labute approximate surface area is 113 Å². The van der Waals surface area contributed by atoms with Crippen molar-refractivity contribution < 1.29 is 14.7 Å². The van der Waals surface area contributed by atoms with Gasteiger partial charge in [-0.05, 0) is 30.5 Å². The van der Waals surface area contributed by atoms with Gasteiger partial charge in [-0.1, -0.05) is 26.0 Å². The van der Waals surface area contributed by atoms with E-state index in [1.165, 1.54) is 12.5 Å². The number of rotatable bonds is 6. The Morgan fingerprint density at radius 3 is 2.21 bits per heavy atom. The molecule has 1 unspecified atom stereocenters. The predicted octanol–water partition coefficient (Wildman–Crippen LogP) is 1.81. The molecule has 1 amide bonds. The molecule has 0 heterocycles. The van der Waals surface area contributed by atoms with Gasteiger partial charge in [0.05, 0.1) is 6.54 Å². The average Bonchev–Trinajstić information content (AvgIpc) is 2.36. The van der Waals surface area contributed by atoms with Crippen molar-refractivity contribution in [2.75, 3.05) is 11.9 Å². The van der Waals surface area contributed by atoms with Gasteiger partial charge < -0.3 is 10.4 Å². The van der Waals surface area contributed by atoms with Gasteiger partial charge >= 0.3 is 5.97 Å². The zero-order valence-corrected chi connectivity index (χ0v) is 11.4. The van der Waals surface area contributed by atoms with Gasteiger partial charge in [0.15, 0.2) is 0 Å². The Balaban J connectivity index is 2.46. The first-order valence-electron chi connectivity index (χ1n) is 6.26. The van der Waals surface area contributed by atoms with Gasteiger partial charge in [0.1, 0.15) is 6.04 Å². The molecule has 1 atom stereocenters. The van der Waals surface area contributed by atoms with E-state index in [0.717, 1.165) is 0 Å². The van der Waals surface area contributed by atoms with Crippen LogP contribution < -0.4 is 10.6 Å². The van der Waals surface area contributed by atoms with Crippen molar-refractivity contribution in [3.8, 4) is 0 Å². The molecule has 5 nitrogen and oxygen atoms in total. The fraction of sp³-hybridized carbons (Fsp3) is 0.429. The van der Waals surface area contributed by atoms with Crippen LogP contribution in [0.3, 0.4) is 0 Å². The number of hydrogen-bond donors (Lipinski definition) is 3. The third-order valence-electron chi connectivity index (χ3n) is 2.80. The Kier molecular flexibility index (Phi) is 5.51. The van der Waals surface area contributed by atoms with Crippen LogP contribution in [-0.2, 0) is 9.59 Å². The summed E-state index contributed by atoms with van der Waals surface area (Å²) in [4.78, 5) is 22.2. The summed E-state index contributed by atoms with van der Waals surface area (Å²) in [5, 5.41) is 14.0. The molecule has 1 rings (SSSR count). The monoisotopic (exact) mass is 264 g/mol. The Hall–Kier alpha value is -1.88. The third-order valence-corrected chi connectivity index (χ3v) is 2.80. The van der Waals surface area contributed by atoms with Gasteiger partial charge in [0.25, 0.3) is 0 Å². The predicted molar refractivity (Wildman–Crippen MR) is 74.3 cm³/mol. The maximum Gasteiger partial charge on any atom is 0.320 e. The lowest BCUT2D eigenvalue weighted by Gasteiger charge is -2.10. The van der Waals surface area contributed by atoms with Crippen molar-refractivity contribution in [2.45, 2.75) is 32.7 Å². The summed E-state index contributed by atoms with van der Waals surface area (Å²) in [7, 11) is 0. The number of hydrogen-bond acceptors (Lipinski definition) is 3. The van der Waals surface area contributed by atoms with Gasteiger partial charge in [-0.3, -0.25) is 14.9 Å². The second kappa shape index (κ2) is 6.89. The minimum absolute atomic E-state index is 0.0284. The lowest BCUT2D eigenvalue weighted by molar-refractivity contribution is -0.139. The molecule has 0 spiro atoms. The zero-order chi connectivity index (χ0) is 14.4. The molecule has 0 radical (unpaired) electrons. The zero-order valence-electron chi connectivity index (χ0n) is 11.4. The first kappa shape index (κ1) is 15.2. The minimum atomic E-state index is -0.978. The Morgan fingerprint density at radius 2 is 1.74 bits per heavy atom. The molecule has 104 valence electrons. The molecule has 0 saturated heterocycles. The SMILES string of the molecule is CC(NCC(=O)Nc1ccc(C(C)C)cc1)C(=O)O. The van der Waals surface area contributed by atoms with Crippen LogP contribution in [0.15, 0.2) is 24.3 Å². The molecule has 1 aromatic rings. The van der Waals surface area contributed by atoms with E-state index in [1.54, 1.807) is 0 Å². The van der Waals surface area contributed by atoms with Crippen LogP contribution in [0.25, 0.3) is 0 Å². The molecule has 0 bridgehead atoms. The number of nitrogens with one attached hydrogen (secondary N) is 2. The second-order valence-electron chi connectivity index (χ2n) is 4.77. The molecule has 0 aromatic heterocycles. The number of carboxylic acids is 1. The van der Waals surface area contributed by atoms with Crippen molar-refractivity contribution in [1.29, 1.82) is 0 Å². The van der Waals surface area contributed by atoms with Gasteiger partial charge in [0.2, 0.25) is 5.91 Å². The number of anilines is 1. The van der Waals surface area contributed by atoms with Crippen LogP contribution in [0, 0.1) is 0 Å². The second-order valence-corrected chi connectivity index (χ2v) is 4.77. The summed E-state index contributed by atoms with van der Waals surface area (Å²) >= 11 is 0. The third kappa shape index (κ3) is 5.09. The highest BCUT2D eigenvalue weighted by molar-refractivity contribution is 5.92. The van der Waals surface area contributed by atoms with Crippen LogP contribution in [0.2, 0.25) is 0 Å².